The molecule has 0 aliphatic rings. The van der Waals surface area contributed by atoms with E-state index in [4.69, 9.17) is 5.84 Å². The molecule has 1 aromatic heterocycles. The standard InChI is InChI=1S/C7H11N3/c1-2-7(10-8)6-3-4-9-5-6/h3-5,9H,2,8H2,1H3/b10-7-. The van der Waals surface area contributed by atoms with E-state index in [1.807, 2.05) is 25.4 Å². The summed E-state index contributed by atoms with van der Waals surface area (Å²) < 4.78 is 0. The number of rotatable bonds is 2. The normalized spacial score (nSPS) is 11.9. The maximum absolute atomic E-state index is 5.15. The van der Waals surface area contributed by atoms with Gasteiger partial charge in [-0.2, -0.15) is 5.10 Å². The van der Waals surface area contributed by atoms with Crippen LogP contribution >= 0.6 is 0 Å². The lowest BCUT2D eigenvalue weighted by atomic mass is 10.2. The molecule has 10 heavy (non-hydrogen) atoms. The Bertz CT molecular complexity index is 211. The van der Waals surface area contributed by atoms with E-state index < -0.39 is 0 Å². The van der Waals surface area contributed by atoms with Gasteiger partial charge in [0.25, 0.3) is 0 Å². The molecule has 0 aliphatic carbocycles. The average Bonchev–Trinajstić information content (AvgIpc) is 2.43. The number of H-pyrrole nitrogens is 1. The van der Waals surface area contributed by atoms with Crippen LogP contribution in [0.5, 0.6) is 0 Å². The SMILES string of the molecule is CC/C(=N/N)c1cc[nH]c1. The fourth-order valence-corrected chi connectivity index (χ4v) is 0.873. The van der Waals surface area contributed by atoms with Crippen molar-refractivity contribution in [2.75, 3.05) is 0 Å². The summed E-state index contributed by atoms with van der Waals surface area (Å²) in [5, 5.41) is 3.65. The van der Waals surface area contributed by atoms with E-state index in [0.29, 0.717) is 0 Å². The number of aromatic nitrogens is 1. The predicted molar refractivity (Wildman–Crippen MR) is 41.8 cm³/mol. The highest BCUT2D eigenvalue weighted by atomic mass is 15.1. The molecule has 0 saturated carbocycles. The van der Waals surface area contributed by atoms with Gasteiger partial charge >= 0.3 is 0 Å². The molecule has 3 heteroatoms. The van der Waals surface area contributed by atoms with E-state index in [1.54, 1.807) is 0 Å². The maximum atomic E-state index is 5.15. The Morgan fingerprint density at radius 1 is 1.80 bits per heavy atom. The van der Waals surface area contributed by atoms with E-state index in [0.717, 1.165) is 17.7 Å². The summed E-state index contributed by atoms with van der Waals surface area (Å²) in [6.07, 6.45) is 4.61. The van der Waals surface area contributed by atoms with Crippen LogP contribution in [-0.4, -0.2) is 10.7 Å². The van der Waals surface area contributed by atoms with E-state index in [-0.39, 0.29) is 0 Å². The third kappa shape index (κ3) is 1.18. The number of aromatic amines is 1. The molecular formula is C7H11N3. The smallest absolute Gasteiger partial charge is 0.0685 e. The lowest BCUT2D eigenvalue weighted by Crippen LogP contribution is -2.00. The zero-order valence-electron chi connectivity index (χ0n) is 5.96. The van der Waals surface area contributed by atoms with E-state index in [9.17, 15) is 0 Å². The molecule has 0 fully saturated rings. The summed E-state index contributed by atoms with van der Waals surface area (Å²) in [6, 6.07) is 1.95. The largest absolute Gasteiger partial charge is 0.367 e. The number of nitrogens with two attached hydrogens (primary N) is 1. The van der Waals surface area contributed by atoms with Crippen molar-refractivity contribution in [2.24, 2.45) is 10.9 Å². The van der Waals surface area contributed by atoms with Crippen LogP contribution < -0.4 is 5.84 Å². The molecule has 0 atom stereocenters. The van der Waals surface area contributed by atoms with Crippen LogP contribution in [0.25, 0.3) is 0 Å². The fraction of sp³-hybridized carbons (Fsp3) is 0.286. The van der Waals surface area contributed by atoms with E-state index in [1.165, 1.54) is 0 Å². The number of hydrazone groups is 1. The second-order valence-electron chi connectivity index (χ2n) is 2.03. The Morgan fingerprint density at radius 2 is 2.60 bits per heavy atom. The zero-order chi connectivity index (χ0) is 7.40. The molecule has 0 unspecified atom stereocenters. The molecule has 0 bridgehead atoms. The second-order valence-corrected chi connectivity index (χ2v) is 2.03. The first-order chi connectivity index (χ1) is 4.88. The molecule has 0 aromatic carbocycles. The first kappa shape index (κ1) is 6.86. The minimum atomic E-state index is 0.869. The highest BCUT2D eigenvalue weighted by molar-refractivity contribution is 5.99. The first-order valence-electron chi connectivity index (χ1n) is 3.28. The van der Waals surface area contributed by atoms with Crippen LogP contribution in [0, 0.1) is 0 Å². The Labute approximate surface area is 59.9 Å². The minimum Gasteiger partial charge on any atom is -0.367 e. The molecule has 0 aliphatic heterocycles. The topological polar surface area (TPSA) is 54.2 Å². The summed E-state index contributed by atoms with van der Waals surface area (Å²) in [6.45, 7) is 2.03. The Kier molecular flexibility index (Phi) is 2.10. The summed E-state index contributed by atoms with van der Waals surface area (Å²) >= 11 is 0. The predicted octanol–water partition coefficient (Wildman–Crippen LogP) is 1.09. The van der Waals surface area contributed by atoms with Crippen molar-refractivity contribution in [1.82, 2.24) is 4.98 Å². The molecule has 1 heterocycles. The van der Waals surface area contributed by atoms with Gasteiger partial charge in [-0.25, -0.2) is 0 Å². The van der Waals surface area contributed by atoms with Crippen LogP contribution in [-0.2, 0) is 0 Å². The van der Waals surface area contributed by atoms with Gasteiger partial charge in [0.15, 0.2) is 0 Å². The van der Waals surface area contributed by atoms with Crippen molar-refractivity contribution < 1.29 is 0 Å². The van der Waals surface area contributed by atoms with Gasteiger partial charge in [0.2, 0.25) is 0 Å². The molecule has 3 N–H and O–H groups in total. The van der Waals surface area contributed by atoms with Gasteiger partial charge < -0.3 is 10.8 Å². The van der Waals surface area contributed by atoms with Crippen LogP contribution in [0.2, 0.25) is 0 Å². The minimum absolute atomic E-state index is 0.869. The van der Waals surface area contributed by atoms with Gasteiger partial charge in [-0.1, -0.05) is 6.92 Å². The zero-order valence-corrected chi connectivity index (χ0v) is 5.96. The summed E-state index contributed by atoms with van der Waals surface area (Å²) in [5.41, 5.74) is 2.01. The van der Waals surface area contributed by atoms with Crippen molar-refractivity contribution >= 4 is 5.71 Å². The van der Waals surface area contributed by atoms with Crippen LogP contribution in [0.15, 0.2) is 23.6 Å². The number of hydrogen-bond acceptors (Lipinski definition) is 2. The average molecular weight is 137 g/mol. The molecule has 0 amide bonds. The van der Waals surface area contributed by atoms with Crippen LogP contribution in [0.4, 0.5) is 0 Å². The summed E-state index contributed by atoms with van der Waals surface area (Å²) in [5.74, 6) is 5.15. The highest BCUT2D eigenvalue weighted by Crippen LogP contribution is 2.01. The van der Waals surface area contributed by atoms with Gasteiger partial charge in [0.1, 0.15) is 0 Å². The van der Waals surface area contributed by atoms with E-state index >= 15 is 0 Å². The summed E-state index contributed by atoms with van der Waals surface area (Å²) in [4.78, 5) is 2.94. The Hall–Kier alpha value is -1.25. The van der Waals surface area contributed by atoms with Crippen molar-refractivity contribution in [2.45, 2.75) is 13.3 Å². The molecule has 0 saturated heterocycles. The van der Waals surface area contributed by atoms with Crippen molar-refractivity contribution in [3.05, 3.63) is 24.0 Å². The van der Waals surface area contributed by atoms with Crippen molar-refractivity contribution in [3.63, 3.8) is 0 Å². The van der Waals surface area contributed by atoms with Gasteiger partial charge in [-0.3, -0.25) is 0 Å². The number of hydrogen-bond donors (Lipinski definition) is 2. The molecular weight excluding hydrogens is 126 g/mol. The molecule has 1 aromatic rings. The van der Waals surface area contributed by atoms with Crippen molar-refractivity contribution in [3.8, 4) is 0 Å². The highest BCUT2D eigenvalue weighted by Gasteiger charge is 1.98. The molecule has 1 rings (SSSR count). The molecule has 3 nitrogen and oxygen atoms in total. The second kappa shape index (κ2) is 3.06. The van der Waals surface area contributed by atoms with Gasteiger partial charge in [-0.05, 0) is 12.5 Å². The van der Waals surface area contributed by atoms with E-state index in [2.05, 4.69) is 10.1 Å². The third-order valence-corrected chi connectivity index (χ3v) is 1.42. The Balaban J connectivity index is 2.85. The fourth-order valence-electron chi connectivity index (χ4n) is 0.873. The van der Waals surface area contributed by atoms with Crippen LogP contribution in [0.1, 0.15) is 18.9 Å². The Morgan fingerprint density at radius 3 is 3.00 bits per heavy atom. The van der Waals surface area contributed by atoms with Gasteiger partial charge in [0, 0.05) is 18.0 Å². The lowest BCUT2D eigenvalue weighted by Gasteiger charge is -1.94. The number of nitrogens with one attached hydrogen (secondary N) is 1. The van der Waals surface area contributed by atoms with Gasteiger partial charge in [0.05, 0.1) is 5.71 Å². The number of nitrogens with zero attached hydrogens (tertiary/aromatic N) is 1. The first-order valence-corrected chi connectivity index (χ1v) is 3.28. The third-order valence-electron chi connectivity index (χ3n) is 1.42. The molecule has 54 valence electrons. The molecule has 0 spiro atoms. The monoisotopic (exact) mass is 137 g/mol. The summed E-state index contributed by atoms with van der Waals surface area (Å²) in [7, 11) is 0. The maximum Gasteiger partial charge on any atom is 0.0685 e. The lowest BCUT2D eigenvalue weighted by molar-refractivity contribution is 1.17. The van der Waals surface area contributed by atoms with Gasteiger partial charge in [-0.15, -0.1) is 0 Å². The van der Waals surface area contributed by atoms with Crippen LogP contribution in [0.3, 0.4) is 0 Å². The van der Waals surface area contributed by atoms with Crippen molar-refractivity contribution in [1.29, 1.82) is 0 Å². The quantitative estimate of drug-likeness (QED) is 0.358. The molecule has 0 radical (unpaired) electrons.